The molecule has 4 rings (SSSR count). The summed E-state index contributed by atoms with van der Waals surface area (Å²) >= 11 is 1.62. The summed E-state index contributed by atoms with van der Waals surface area (Å²) < 4.78 is 4.55. The second kappa shape index (κ2) is 4.69. The van der Waals surface area contributed by atoms with Crippen molar-refractivity contribution in [3.05, 3.63) is 46.7 Å². The SMILES string of the molecule is c1ccc(Cc2nsc([C@@H]3CN4CCC3C4)n2)cc1. The van der Waals surface area contributed by atoms with Gasteiger partial charge in [0.15, 0.2) is 0 Å². The van der Waals surface area contributed by atoms with Crippen LogP contribution in [0, 0.1) is 5.92 Å². The van der Waals surface area contributed by atoms with E-state index in [-0.39, 0.29) is 0 Å². The molecule has 3 heterocycles. The molecule has 2 aromatic rings. The number of fused-ring (bicyclic) bond motifs is 2. The van der Waals surface area contributed by atoms with E-state index in [1.54, 1.807) is 11.5 Å². The van der Waals surface area contributed by atoms with Gasteiger partial charge in [0, 0.05) is 25.4 Å². The number of aromatic nitrogens is 2. The monoisotopic (exact) mass is 271 g/mol. The van der Waals surface area contributed by atoms with Crippen LogP contribution in [-0.4, -0.2) is 33.9 Å². The van der Waals surface area contributed by atoms with Crippen LogP contribution in [0.1, 0.15) is 28.7 Å². The summed E-state index contributed by atoms with van der Waals surface area (Å²) in [4.78, 5) is 7.35. The Balaban J connectivity index is 1.51. The summed E-state index contributed by atoms with van der Waals surface area (Å²) in [6.45, 7) is 3.76. The molecule has 2 fully saturated rings. The first-order chi connectivity index (χ1) is 9.38. The van der Waals surface area contributed by atoms with E-state index in [1.165, 1.54) is 36.6 Å². The van der Waals surface area contributed by atoms with Gasteiger partial charge in [0.05, 0.1) is 0 Å². The molecule has 0 aliphatic carbocycles. The molecular weight excluding hydrogens is 254 g/mol. The standard InChI is InChI=1S/C15H17N3S/c1-2-4-11(5-3-1)8-14-16-15(19-17-14)13-10-18-7-6-12(13)9-18/h1-5,12-13H,6-10H2/t12?,13-/m1/s1. The fourth-order valence-electron chi connectivity index (χ4n) is 3.33. The van der Waals surface area contributed by atoms with E-state index in [4.69, 9.17) is 4.98 Å². The van der Waals surface area contributed by atoms with Crippen LogP contribution < -0.4 is 0 Å². The Morgan fingerprint density at radius 3 is 2.84 bits per heavy atom. The van der Waals surface area contributed by atoms with Crippen LogP contribution >= 0.6 is 11.5 Å². The van der Waals surface area contributed by atoms with Crippen LogP contribution in [0.4, 0.5) is 0 Å². The molecule has 2 bridgehead atoms. The van der Waals surface area contributed by atoms with Gasteiger partial charge < -0.3 is 4.90 Å². The van der Waals surface area contributed by atoms with E-state index in [0.717, 1.165) is 18.2 Å². The van der Waals surface area contributed by atoms with Crippen LogP contribution in [0.3, 0.4) is 0 Å². The van der Waals surface area contributed by atoms with E-state index in [1.807, 2.05) is 6.07 Å². The zero-order chi connectivity index (χ0) is 12.7. The maximum atomic E-state index is 4.79. The van der Waals surface area contributed by atoms with Crippen molar-refractivity contribution in [1.82, 2.24) is 14.3 Å². The maximum Gasteiger partial charge on any atom is 0.146 e. The molecule has 1 aromatic carbocycles. The number of hydrogen-bond acceptors (Lipinski definition) is 4. The van der Waals surface area contributed by atoms with Gasteiger partial charge >= 0.3 is 0 Å². The molecular formula is C15H17N3S. The highest BCUT2D eigenvalue weighted by molar-refractivity contribution is 7.05. The highest BCUT2D eigenvalue weighted by Gasteiger charge is 2.40. The Labute approximate surface area is 117 Å². The lowest BCUT2D eigenvalue weighted by molar-refractivity contribution is 0.346. The maximum absolute atomic E-state index is 4.79. The van der Waals surface area contributed by atoms with Gasteiger partial charge in [-0.25, -0.2) is 4.98 Å². The Kier molecular flexibility index (Phi) is 2.85. The minimum absolute atomic E-state index is 0.649. The van der Waals surface area contributed by atoms with E-state index < -0.39 is 0 Å². The van der Waals surface area contributed by atoms with Crippen molar-refractivity contribution in [2.75, 3.05) is 19.6 Å². The van der Waals surface area contributed by atoms with E-state index in [0.29, 0.717) is 5.92 Å². The van der Waals surface area contributed by atoms with Crippen molar-refractivity contribution in [2.45, 2.75) is 18.8 Å². The summed E-state index contributed by atoms with van der Waals surface area (Å²) in [5.41, 5.74) is 1.29. The van der Waals surface area contributed by atoms with Crippen LogP contribution in [-0.2, 0) is 6.42 Å². The Morgan fingerprint density at radius 1 is 1.21 bits per heavy atom. The van der Waals surface area contributed by atoms with Crippen molar-refractivity contribution in [3.63, 3.8) is 0 Å². The van der Waals surface area contributed by atoms with Gasteiger partial charge in [-0.2, -0.15) is 4.37 Å². The molecule has 19 heavy (non-hydrogen) atoms. The van der Waals surface area contributed by atoms with Gasteiger partial charge in [0.2, 0.25) is 0 Å². The van der Waals surface area contributed by atoms with Gasteiger partial charge in [-0.15, -0.1) is 0 Å². The van der Waals surface area contributed by atoms with Crippen LogP contribution in [0.5, 0.6) is 0 Å². The third kappa shape index (κ3) is 2.19. The fraction of sp³-hybridized carbons (Fsp3) is 0.467. The first kappa shape index (κ1) is 11.6. The smallest absolute Gasteiger partial charge is 0.146 e. The Hall–Kier alpha value is -1.26. The number of benzene rings is 1. The zero-order valence-electron chi connectivity index (χ0n) is 10.8. The average Bonchev–Trinajstić information content (AvgIpc) is 3.15. The lowest BCUT2D eigenvalue weighted by Gasteiger charge is -2.19. The number of nitrogens with zero attached hydrogens (tertiary/aromatic N) is 3. The normalized spacial score (nSPS) is 28.9. The van der Waals surface area contributed by atoms with E-state index in [9.17, 15) is 0 Å². The predicted molar refractivity (Wildman–Crippen MR) is 76.4 cm³/mol. The highest BCUT2D eigenvalue weighted by Crippen LogP contribution is 2.40. The van der Waals surface area contributed by atoms with Gasteiger partial charge in [-0.05, 0) is 36.0 Å². The lowest BCUT2D eigenvalue weighted by atomic mass is 9.93. The third-order valence-electron chi connectivity index (χ3n) is 4.34. The Morgan fingerprint density at radius 2 is 2.11 bits per heavy atom. The van der Waals surface area contributed by atoms with E-state index >= 15 is 0 Å². The number of piperidine rings is 1. The summed E-state index contributed by atoms with van der Waals surface area (Å²) in [6, 6.07) is 10.5. The lowest BCUT2D eigenvalue weighted by Crippen LogP contribution is -2.22. The van der Waals surface area contributed by atoms with Crippen LogP contribution in [0.25, 0.3) is 0 Å². The molecule has 98 valence electrons. The third-order valence-corrected chi connectivity index (χ3v) is 5.22. The number of rotatable bonds is 3. The zero-order valence-corrected chi connectivity index (χ0v) is 11.6. The second-order valence-corrected chi connectivity index (χ2v) is 6.41. The molecule has 0 N–H and O–H groups in total. The van der Waals surface area contributed by atoms with Crippen molar-refractivity contribution in [2.24, 2.45) is 5.92 Å². The molecule has 4 heteroatoms. The van der Waals surface area contributed by atoms with Gasteiger partial charge in [0.25, 0.3) is 0 Å². The molecule has 2 aliphatic rings. The summed E-state index contributed by atoms with van der Waals surface area (Å²) in [5.74, 6) is 2.47. The molecule has 0 radical (unpaired) electrons. The first-order valence-corrected chi connectivity index (χ1v) is 7.74. The topological polar surface area (TPSA) is 29.0 Å². The highest BCUT2D eigenvalue weighted by atomic mass is 32.1. The van der Waals surface area contributed by atoms with Crippen molar-refractivity contribution >= 4 is 11.5 Å². The van der Waals surface area contributed by atoms with Gasteiger partial charge in [0.1, 0.15) is 10.8 Å². The molecule has 0 saturated carbocycles. The van der Waals surface area contributed by atoms with Crippen molar-refractivity contribution in [3.8, 4) is 0 Å². The summed E-state index contributed by atoms with van der Waals surface area (Å²) in [6.07, 6.45) is 2.21. The molecule has 0 spiro atoms. The summed E-state index contributed by atoms with van der Waals surface area (Å²) in [7, 11) is 0. The first-order valence-electron chi connectivity index (χ1n) is 6.97. The molecule has 2 saturated heterocycles. The van der Waals surface area contributed by atoms with Crippen molar-refractivity contribution < 1.29 is 0 Å². The number of hydrogen-bond donors (Lipinski definition) is 0. The van der Waals surface area contributed by atoms with E-state index in [2.05, 4.69) is 33.5 Å². The average molecular weight is 271 g/mol. The van der Waals surface area contributed by atoms with Crippen molar-refractivity contribution in [1.29, 1.82) is 0 Å². The molecule has 3 nitrogen and oxygen atoms in total. The van der Waals surface area contributed by atoms with Gasteiger partial charge in [-0.1, -0.05) is 30.3 Å². The molecule has 1 aromatic heterocycles. The molecule has 2 unspecified atom stereocenters. The fourth-order valence-corrected chi connectivity index (χ4v) is 4.19. The van der Waals surface area contributed by atoms with Crippen LogP contribution in [0.2, 0.25) is 0 Å². The summed E-state index contributed by atoms with van der Waals surface area (Å²) in [5, 5.41) is 1.26. The Bertz CT molecular complexity index is 566. The van der Waals surface area contributed by atoms with Crippen LogP contribution in [0.15, 0.2) is 30.3 Å². The molecule has 0 amide bonds. The molecule has 2 aliphatic heterocycles. The quantitative estimate of drug-likeness (QED) is 0.859. The minimum atomic E-state index is 0.649. The van der Waals surface area contributed by atoms with Gasteiger partial charge in [-0.3, -0.25) is 0 Å². The predicted octanol–water partition coefficient (Wildman–Crippen LogP) is 2.55. The second-order valence-electron chi connectivity index (χ2n) is 5.63. The minimum Gasteiger partial charge on any atom is -0.302 e. The molecule has 3 atom stereocenters. The largest absolute Gasteiger partial charge is 0.302 e.